The minimum atomic E-state index is -0.249. The highest BCUT2D eigenvalue weighted by molar-refractivity contribution is 5.70. The minimum Gasteiger partial charge on any atom is -0.460 e. The Morgan fingerprint density at radius 1 is 1.24 bits per heavy atom. The summed E-state index contributed by atoms with van der Waals surface area (Å²) in [6, 6.07) is 8.45. The largest absolute Gasteiger partial charge is 0.460 e. The van der Waals surface area contributed by atoms with E-state index in [1.807, 2.05) is 13.8 Å². The van der Waals surface area contributed by atoms with Gasteiger partial charge >= 0.3 is 5.97 Å². The molecule has 3 heteroatoms. The van der Waals surface area contributed by atoms with Gasteiger partial charge < -0.3 is 9.84 Å². The van der Waals surface area contributed by atoms with Gasteiger partial charge in [-0.15, -0.1) is 0 Å². The van der Waals surface area contributed by atoms with Crippen molar-refractivity contribution in [3.05, 3.63) is 35.4 Å². The SMILES string of the molecule is CC.CCC1CC(=O)OC(CO)C1.Cc1cccc(C)c1. The van der Waals surface area contributed by atoms with Gasteiger partial charge in [-0.25, -0.2) is 0 Å². The van der Waals surface area contributed by atoms with Gasteiger partial charge in [-0.2, -0.15) is 0 Å². The van der Waals surface area contributed by atoms with E-state index in [1.54, 1.807) is 0 Å². The number of hydrogen-bond donors (Lipinski definition) is 1. The van der Waals surface area contributed by atoms with Crippen molar-refractivity contribution in [3.8, 4) is 0 Å². The summed E-state index contributed by atoms with van der Waals surface area (Å²) in [6.45, 7) is 10.2. The minimum absolute atomic E-state index is 0.0394. The van der Waals surface area contributed by atoms with Crippen LogP contribution in [0.5, 0.6) is 0 Å². The zero-order chi connectivity index (χ0) is 16.3. The summed E-state index contributed by atoms with van der Waals surface area (Å²) in [5, 5.41) is 8.74. The average molecular weight is 294 g/mol. The fourth-order valence-electron chi connectivity index (χ4n) is 2.20. The molecule has 1 fully saturated rings. The number of aryl methyl sites for hydroxylation is 2. The van der Waals surface area contributed by atoms with E-state index in [0.717, 1.165) is 12.8 Å². The number of aliphatic hydroxyl groups is 1. The smallest absolute Gasteiger partial charge is 0.306 e. The zero-order valence-corrected chi connectivity index (χ0v) is 14.1. The summed E-state index contributed by atoms with van der Waals surface area (Å²) >= 11 is 0. The molecule has 0 spiro atoms. The van der Waals surface area contributed by atoms with Gasteiger partial charge in [0.2, 0.25) is 0 Å². The molecule has 1 heterocycles. The van der Waals surface area contributed by atoms with Crippen LogP contribution in [0.25, 0.3) is 0 Å². The molecule has 1 aromatic rings. The Morgan fingerprint density at radius 3 is 2.19 bits per heavy atom. The number of carbonyl (C=O) groups excluding carboxylic acids is 1. The molecule has 2 atom stereocenters. The highest BCUT2D eigenvalue weighted by Crippen LogP contribution is 2.23. The van der Waals surface area contributed by atoms with Gasteiger partial charge in [0.05, 0.1) is 6.61 Å². The lowest BCUT2D eigenvalue weighted by atomic mass is 9.93. The van der Waals surface area contributed by atoms with Crippen LogP contribution in [0.1, 0.15) is 51.2 Å². The van der Waals surface area contributed by atoms with Crippen LogP contribution in [-0.2, 0) is 9.53 Å². The number of ether oxygens (including phenoxy) is 1. The van der Waals surface area contributed by atoms with E-state index in [1.165, 1.54) is 11.1 Å². The summed E-state index contributed by atoms with van der Waals surface area (Å²) in [7, 11) is 0. The number of cyclic esters (lactones) is 1. The fourth-order valence-corrected chi connectivity index (χ4v) is 2.20. The molecule has 0 saturated carbocycles. The summed E-state index contributed by atoms with van der Waals surface area (Å²) in [5.41, 5.74) is 2.68. The Kier molecular flexibility index (Phi) is 10.6. The monoisotopic (exact) mass is 294 g/mol. The standard InChI is InChI=1S/C8H14O3.C8H10.C2H6/c1-2-6-3-7(5-9)11-8(10)4-6;1-7-4-3-5-8(2)6-7;1-2/h6-7,9H,2-5H2,1H3;3-6H,1-2H3;1-2H3. The molecule has 2 rings (SSSR count). The molecular weight excluding hydrogens is 264 g/mol. The van der Waals surface area contributed by atoms with Crippen LogP contribution in [0.15, 0.2) is 24.3 Å². The molecule has 1 aliphatic rings. The first-order valence-corrected chi connectivity index (χ1v) is 7.88. The van der Waals surface area contributed by atoms with Gasteiger partial charge in [0.1, 0.15) is 6.10 Å². The van der Waals surface area contributed by atoms with E-state index in [2.05, 4.69) is 45.0 Å². The molecule has 21 heavy (non-hydrogen) atoms. The van der Waals surface area contributed by atoms with Gasteiger partial charge in [0.15, 0.2) is 0 Å². The Labute approximate surface area is 129 Å². The Hall–Kier alpha value is -1.35. The predicted octanol–water partition coefficient (Wildman–Crippen LogP) is 4.04. The Morgan fingerprint density at radius 2 is 1.81 bits per heavy atom. The fraction of sp³-hybridized carbons (Fsp3) is 0.611. The van der Waals surface area contributed by atoms with E-state index < -0.39 is 0 Å². The molecule has 2 unspecified atom stereocenters. The molecule has 1 N–H and O–H groups in total. The zero-order valence-electron chi connectivity index (χ0n) is 14.1. The van der Waals surface area contributed by atoms with Crippen LogP contribution in [0, 0.1) is 19.8 Å². The van der Waals surface area contributed by atoms with E-state index in [-0.39, 0.29) is 18.7 Å². The average Bonchev–Trinajstić information content (AvgIpc) is 2.49. The van der Waals surface area contributed by atoms with Gasteiger partial charge in [-0.3, -0.25) is 4.79 Å². The van der Waals surface area contributed by atoms with Crippen molar-refractivity contribution >= 4 is 5.97 Å². The first kappa shape index (κ1) is 19.7. The second-order valence-electron chi connectivity index (χ2n) is 5.17. The highest BCUT2D eigenvalue weighted by atomic mass is 16.6. The number of benzene rings is 1. The van der Waals surface area contributed by atoms with E-state index in [4.69, 9.17) is 9.84 Å². The predicted molar refractivity (Wildman–Crippen MR) is 87.2 cm³/mol. The lowest BCUT2D eigenvalue weighted by Crippen LogP contribution is -2.31. The summed E-state index contributed by atoms with van der Waals surface area (Å²) in [4.78, 5) is 10.9. The molecule has 1 aliphatic heterocycles. The lowest BCUT2D eigenvalue weighted by molar-refractivity contribution is -0.159. The van der Waals surface area contributed by atoms with Crippen LogP contribution in [0.2, 0.25) is 0 Å². The molecule has 1 aromatic carbocycles. The van der Waals surface area contributed by atoms with Crippen LogP contribution < -0.4 is 0 Å². The van der Waals surface area contributed by atoms with Crippen molar-refractivity contribution < 1.29 is 14.6 Å². The van der Waals surface area contributed by atoms with Crippen molar-refractivity contribution in [1.82, 2.24) is 0 Å². The molecule has 0 aliphatic carbocycles. The van der Waals surface area contributed by atoms with Crippen LogP contribution in [0.4, 0.5) is 0 Å². The normalized spacial score (nSPS) is 20.4. The third-order valence-electron chi connectivity index (χ3n) is 3.30. The van der Waals surface area contributed by atoms with Crippen molar-refractivity contribution in [3.63, 3.8) is 0 Å². The van der Waals surface area contributed by atoms with E-state index >= 15 is 0 Å². The molecule has 0 radical (unpaired) electrons. The number of esters is 1. The Balaban J connectivity index is 0.000000354. The first-order valence-electron chi connectivity index (χ1n) is 7.88. The maximum absolute atomic E-state index is 10.9. The molecule has 0 aromatic heterocycles. The molecule has 120 valence electrons. The van der Waals surface area contributed by atoms with Gasteiger partial charge in [-0.1, -0.05) is 62.6 Å². The Bertz CT molecular complexity index is 370. The number of rotatable bonds is 2. The molecule has 0 amide bonds. The lowest BCUT2D eigenvalue weighted by Gasteiger charge is -2.26. The van der Waals surface area contributed by atoms with Crippen LogP contribution in [-0.4, -0.2) is 23.8 Å². The van der Waals surface area contributed by atoms with E-state index in [0.29, 0.717) is 12.3 Å². The third-order valence-corrected chi connectivity index (χ3v) is 3.30. The number of carbonyl (C=O) groups is 1. The molecular formula is C18H30O3. The second-order valence-corrected chi connectivity index (χ2v) is 5.17. The first-order chi connectivity index (χ1) is 10.0. The third kappa shape index (κ3) is 8.51. The quantitative estimate of drug-likeness (QED) is 0.837. The van der Waals surface area contributed by atoms with Gasteiger partial charge in [0.25, 0.3) is 0 Å². The van der Waals surface area contributed by atoms with Crippen molar-refractivity contribution in [2.24, 2.45) is 5.92 Å². The van der Waals surface area contributed by atoms with Crippen molar-refractivity contribution in [1.29, 1.82) is 0 Å². The topological polar surface area (TPSA) is 46.5 Å². The maximum Gasteiger partial charge on any atom is 0.306 e. The van der Waals surface area contributed by atoms with Gasteiger partial charge in [0, 0.05) is 6.42 Å². The summed E-state index contributed by atoms with van der Waals surface area (Å²) < 4.78 is 4.88. The van der Waals surface area contributed by atoms with Crippen molar-refractivity contribution in [2.45, 2.75) is 60.0 Å². The molecule has 3 nitrogen and oxygen atoms in total. The van der Waals surface area contributed by atoms with E-state index in [9.17, 15) is 4.79 Å². The van der Waals surface area contributed by atoms with Crippen LogP contribution in [0.3, 0.4) is 0 Å². The summed E-state index contributed by atoms with van der Waals surface area (Å²) in [6.07, 6.45) is 2.08. The summed E-state index contributed by atoms with van der Waals surface area (Å²) in [5.74, 6) is 0.246. The molecule has 0 bridgehead atoms. The molecule has 1 saturated heterocycles. The second kappa shape index (κ2) is 11.3. The number of hydrogen-bond acceptors (Lipinski definition) is 3. The number of aliphatic hydroxyl groups excluding tert-OH is 1. The van der Waals surface area contributed by atoms with Gasteiger partial charge in [-0.05, 0) is 26.2 Å². The highest BCUT2D eigenvalue weighted by Gasteiger charge is 2.26. The van der Waals surface area contributed by atoms with Crippen LogP contribution >= 0.6 is 0 Å². The van der Waals surface area contributed by atoms with Crippen molar-refractivity contribution in [2.75, 3.05) is 6.61 Å². The maximum atomic E-state index is 10.9.